The highest BCUT2D eigenvalue weighted by Gasteiger charge is 2.32. The molecule has 3 rings (SSSR count). The molecule has 0 bridgehead atoms. The molecule has 1 unspecified atom stereocenters. The summed E-state index contributed by atoms with van der Waals surface area (Å²) in [6, 6.07) is 2.60. The van der Waals surface area contributed by atoms with Gasteiger partial charge in [0.1, 0.15) is 0 Å². The van der Waals surface area contributed by atoms with Crippen molar-refractivity contribution in [1.82, 2.24) is 15.0 Å². The molecule has 128 valence electrons. The number of hydrogen-bond acceptors (Lipinski definition) is 4. The zero-order valence-electron chi connectivity index (χ0n) is 15.3. The fourth-order valence-electron chi connectivity index (χ4n) is 3.49. The summed E-state index contributed by atoms with van der Waals surface area (Å²) >= 11 is 0. The Balaban J connectivity index is 1.77. The Hall–Kier alpha value is -1.94. The highest BCUT2D eigenvalue weighted by atomic mass is 15.6. The van der Waals surface area contributed by atoms with Gasteiger partial charge in [-0.25, -0.2) is 5.01 Å². The first-order valence-corrected chi connectivity index (χ1v) is 9.03. The second kappa shape index (κ2) is 7.31. The molecule has 2 aliphatic heterocycles. The minimum Gasteiger partial charge on any atom is -0.308 e. The standard InChI is InChI=1S/C20H28N4/c1-5-7-18-15(3)11-16(12-22-18)13-24-14-17-19(8-6-2)21-10-9-20(17)23(24)4/h9-12,14,20H,5-8,13H2,1-4H3. The van der Waals surface area contributed by atoms with Crippen LogP contribution in [0.25, 0.3) is 0 Å². The molecule has 0 amide bonds. The predicted molar refractivity (Wildman–Crippen MR) is 99.6 cm³/mol. The lowest BCUT2D eigenvalue weighted by atomic mass is 9.98. The molecule has 1 aromatic heterocycles. The van der Waals surface area contributed by atoms with E-state index in [9.17, 15) is 0 Å². The molecule has 3 heterocycles. The quantitative estimate of drug-likeness (QED) is 0.792. The average Bonchev–Trinajstić information content (AvgIpc) is 2.88. The van der Waals surface area contributed by atoms with Crippen molar-refractivity contribution in [3.63, 3.8) is 0 Å². The molecule has 0 spiro atoms. The van der Waals surface area contributed by atoms with Gasteiger partial charge in [0.05, 0.1) is 12.6 Å². The van der Waals surface area contributed by atoms with E-state index in [0.717, 1.165) is 32.2 Å². The molecule has 0 saturated heterocycles. The maximum absolute atomic E-state index is 4.67. The van der Waals surface area contributed by atoms with Crippen molar-refractivity contribution in [3.05, 3.63) is 53.1 Å². The second-order valence-corrected chi connectivity index (χ2v) is 6.72. The third-order valence-electron chi connectivity index (χ3n) is 4.81. The molecule has 2 aliphatic rings. The van der Waals surface area contributed by atoms with Crippen LogP contribution in [0.2, 0.25) is 0 Å². The zero-order valence-corrected chi connectivity index (χ0v) is 15.3. The highest BCUT2D eigenvalue weighted by molar-refractivity contribution is 6.02. The fraction of sp³-hybridized carbons (Fsp3) is 0.500. The molecule has 0 saturated carbocycles. The van der Waals surface area contributed by atoms with Crippen LogP contribution in [0.1, 0.15) is 49.9 Å². The molecule has 0 radical (unpaired) electrons. The van der Waals surface area contributed by atoms with Gasteiger partial charge < -0.3 is 5.01 Å². The Bertz CT molecular complexity index is 687. The van der Waals surface area contributed by atoms with Crippen molar-refractivity contribution in [2.45, 2.75) is 59.0 Å². The molecule has 0 aromatic carbocycles. The minimum absolute atomic E-state index is 0.317. The van der Waals surface area contributed by atoms with Crippen LogP contribution < -0.4 is 0 Å². The van der Waals surface area contributed by atoms with Gasteiger partial charge in [0.15, 0.2) is 0 Å². The van der Waals surface area contributed by atoms with Crippen molar-refractivity contribution in [2.24, 2.45) is 4.99 Å². The Morgan fingerprint density at radius 2 is 1.96 bits per heavy atom. The van der Waals surface area contributed by atoms with Crippen molar-refractivity contribution < 1.29 is 0 Å². The molecule has 24 heavy (non-hydrogen) atoms. The first-order chi connectivity index (χ1) is 11.6. The van der Waals surface area contributed by atoms with Crippen molar-refractivity contribution in [3.8, 4) is 0 Å². The number of pyridine rings is 1. The van der Waals surface area contributed by atoms with Crippen molar-refractivity contribution >= 4 is 5.71 Å². The zero-order chi connectivity index (χ0) is 17.1. The fourth-order valence-corrected chi connectivity index (χ4v) is 3.49. The van der Waals surface area contributed by atoms with Crippen LogP contribution >= 0.6 is 0 Å². The smallest absolute Gasteiger partial charge is 0.0770 e. The molecular formula is C20H28N4. The number of hydrogen-bond donors (Lipinski definition) is 0. The number of likely N-dealkylation sites (N-methyl/N-ethyl adjacent to an activating group) is 1. The van der Waals surface area contributed by atoms with Gasteiger partial charge in [-0.2, -0.15) is 0 Å². The summed E-state index contributed by atoms with van der Waals surface area (Å²) in [5.41, 5.74) is 6.35. The maximum atomic E-state index is 4.67. The van der Waals surface area contributed by atoms with Gasteiger partial charge in [0, 0.05) is 42.6 Å². The van der Waals surface area contributed by atoms with Gasteiger partial charge in [-0.15, -0.1) is 0 Å². The monoisotopic (exact) mass is 324 g/mol. The van der Waals surface area contributed by atoms with E-state index in [4.69, 9.17) is 0 Å². The van der Waals surface area contributed by atoms with Gasteiger partial charge in [-0.3, -0.25) is 9.98 Å². The summed E-state index contributed by atoms with van der Waals surface area (Å²) < 4.78 is 0. The largest absolute Gasteiger partial charge is 0.308 e. The number of aryl methyl sites for hydroxylation is 2. The summed E-state index contributed by atoms with van der Waals surface area (Å²) in [6.07, 6.45) is 12.8. The van der Waals surface area contributed by atoms with E-state index < -0.39 is 0 Å². The Morgan fingerprint density at radius 1 is 1.17 bits per heavy atom. The minimum atomic E-state index is 0.317. The van der Waals surface area contributed by atoms with Gasteiger partial charge in [0.25, 0.3) is 0 Å². The van der Waals surface area contributed by atoms with Crippen LogP contribution in [-0.2, 0) is 13.0 Å². The predicted octanol–water partition coefficient (Wildman–Crippen LogP) is 4.03. The average molecular weight is 324 g/mol. The van der Waals surface area contributed by atoms with Crippen LogP contribution in [-0.4, -0.2) is 33.8 Å². The van der Waals surface area contributed by atoms with E-state index >= 15 is 0 Å². The first-order valence-electron chi connectivity index (χ1n) is 9.03. The molecule has 4 nitrogen and oxygen atoms in total. The van der Waals surface area contributed by atoms with E-state index in [0.29, 0.717) is 6.04 Å². The summed E-state index contributed by atoms with van der Waals surface area (Å²) in [5.74, 6) is 0. The van der Waals surface area contributed by atoms with Crippen molar-refractivity contribution in [2.75, 3.05) is 7.05 Å². The lowest BCUT2D eigenvalue weighted by molar-refractivity contribution is 0.0526. The van der Waals surface area contributed by atoms with E-state index in [-0.39, 0.29) is 0 Å². The van der Waals surface area contributed by atoms with Crippen LogP contribution in [0.5, 0.6) is 0 Å². The molecule has 1 atom stereocenters. The number of aliphatic imine (C=N–C) groups is 1. The third-order valence-corrected chi connectivity index (χ3v) is 4.81. The first kappa shape index (κ1) is 16.9. The van der Waals surface area contributed by atoms with Crippen LogP contribution in [0.4, 0.5) is 0 Å². The molecule has 0 N–H and O–H groups in total. The Labute approximate surface area is 145 Å². The molecule has 0 aliphatic carbocycles. The number of nitrogens with zero attached hydrogens (tertiary/aromatic N) is 4. The van der Waals surface area contributed by atoms with Gasteiger partial charge in [-0.05, 0) is 37.0 Å². The molecule has 4 heteroatoms. The number of hydrazine groups is 1. The summed E-state index contributed by atoms with van der Waals surface area (Å²) in [5, 5.41) is 4.59. The van der Waals surface area contributed by atoms with Crippen LogP contribution in [0.15, 0.2) is 41.3 Å². The van der Waals surface area contributed by atoms with Gasteiger partial charge in [-0.1, -0.05) is 32.8 Å². The Kier molecular flexibility index (Phi) is 5.14. The Morgan fingerprint density at radius 3 is 2.67 bits per heavy atom. The van der Waals surface area contributed by atoms with E-state index in [1.807, 2.05) is 12.4 Å². The molecule has 0 fully saturated rings. The van der Waals surface area contributed by atoms with E-state index in [2.05, 4.69) is 66.2 Å². The van der Waals surface area contributed by atoms with Crippen molar-refractivity contribution in [1.29, 1.82) is 0 Å². The second-order valence-electron chi connectivity index (χ2n) is 6.72. The summed E-state index contributed by atoms with van der Waals surface area (Å²) in [4.78, 5) is 9.25. The number of rotatable bonds is 6. The molecular weight excluding hydrogens is 296 g/mol. The normalized spacial score (nSPS) is 20.2. The lowest BCUT2D eigenvalue weighted by Crippen LogP contribution is -2.38. The maximum Gasteiger partial charge on any atom is 0.0770 e. The highest BCUT2D eigenvalue weighted by Crippen LogP contribution is 2.29. The third kappa shape index (κ3) is 3.29. The number of fused-ring (bicyclic) bond motifs is 1. The number of aromatic nitrogens is 1. The van der Waals surface area contributed by atoms with Gasteiger partial charge in [0.2, 0.25) is 0 Å². The van der Waals surface area contributed by atoms with Crippen LogP contribution in [0.3, 0.4) is 0 Å². The topological polar surface area (TPSA) is 31.7 Å². The summed E-state index contributed by atoms with van der Waals surface area (Å²) in [7, 11) is 2.15. The summed E-state index contributed by atoms with van der Waals surface area (Å²) in [6.45, 7) is 7.43. The lowest BCUT2D eigenvalue weighted by Gasteiger charge is -2.30. The SMILES string of the molecule is CCCC1=NC=CC2C1=CN(Cc1cnc(CCC)c(C)c1)N2C. The van der Waals surface area contributed by atoms with Gasteiger partial charge >= 0.3 is 0 Å². The van der Waals surface area contributed by atoms with E-state index in [1.165, 1.54) is 28.1 Å². The molecule has 1 aromatic rings. The van der Waals surface area contributed by atoms with Crippen LogP contribution in [0, 0.1) is 6.92 Å². The van der Waals surface area contributed by atoms with E-state index in [1.54, 1.807) is 0 Å².